The lowest BCUT2D eigenvalue weighted by Crippen LogP contribution is -2.26. The smallest absolute Gasteiger partial charge is 0.122 e. The molecule has 1 saturated carbocycles. The molecule has 2 N–H and O–H groups in total. The minimum atomic E-state index is 0.743. The predicted octanol–water partition coefficient (Wildman–Crippen LogP) is 2.57. The van der Waals surface area contributed by atoms with Crippen LogP contribution in [0.25, 0.3) is 11.3 Å². The molecule has 4 heteroatoms. The molecule has 0 spiro atoms. The molecule has 2 aromatic heterocycles. The number of hydrogen-bond donors (Lipinski definition) is 1. The molecule has 0 bridgehead atoms. The summed E-state index contributed by atoms with van der Waals surface area (Å²) in [5, 5.41) is 4.59. The second-order valence-corrected chi connectivity index (χ2v) is 5.32. The monoisotopic (exact) mass is 242 g/mol. The molecule has 0 aliphatic heterocycles. The average molecular weight is 242 g/mol. The lowest BCUT2D eigenvalue weighted by atomic mass is 9.76. The van der Waals surface area contributed by atoms with Crippen molar-refractivity contribution in [3.8, 4) is 11.3 Å². The Morgan fingerprint density at radius 3 is 2.72 bits per heavy atom. The summed E-state index contributed by atoms with van der Waals surface area (Å²) < 4.78 is 1.94. The van der Waals surface area contributed by atoms with Crippen LogP contribution in [0.1, 0.15) is 19.8 Å². The Bertz CT molecular complexity index is 526. The van der Waals surface area contributed by atoms with Crippen LogP contribution in [0.15, 0.2) is 30.6 Å². The molecule has 0 aromatic carbocycles. The van der Waals surface area contributed by atoms with Crippen molar-refractivity contribution < 1.29 is 0 Å². The number of aromatic nitrogens is 3. The standard InChI is InChI=1S/C14H18N4/c1-10-6-11(7-10)9-18-14(15)8-13(17-18)12-2-4-16-5-3-12/h2-5,8,10-11H,6-7,9,15H2,1H3. The Kier molecular flexibility index (Phi) is 2.78. The summed E-state index contributed by atoms with van der Waals surface area (Å²) in [5.74, 6) is 2.36. The summed E-state index contributed by atoms with van der Waals surface area (Å²) in [4.78, 5) is 4.01. The molecular weight excluding hydrogens is 224 g/mol. The maximum absolute atomic E-state index is 6.03. The Morgan fingerprint density at radius 1 is 1.33 bits per heavy atom. The minimum absolute atomic E-state index is 0.743. The Hall–Kier alpha value is -1.84. The molecular formula is C14H18N4. The molecule has 18 heavy (non-hydrogen) atoms. The van der Waals surface area contributed by atoms with Gasteiger partial charge in [0.1, 0.15) is 5.82 Å². The number of nitrogens with zero attached hydrogens (tertiary/aromatic N) is 3. The third kappa shape index (κ3) is 2.10. The van der Waals surface area contributed by atoms with Crippen LogP contribution in [0.5, 0.6) is 0 Å². The van der Waals surface area contributed by atoms with E-state index in [4.69, 9.17) is 5.73 Å². The van der Waals surface area contributed by atoms with Gasteiger partial charge in [-0.2, -0.15) is 5.10 Å². The second-order valence-electron chi connectivity index (χ2n) is 5.32. The molecule has 1 aliphatic rings. The summed E-state index contributed by atoms with van der Waals surface area (Å²) >= 11 is 0. The highest BCUT2D eigenvalue weighted by Gasteiger charge is 2.26. The largest absolute Gasteiger partial charge is 0.384 e. The third-order valence-corrected chi connectivity index (χ3v) is 3.69. The average Bonchev–Trinajstić information content (AvgIpc) is 2.70. The number of anilines is 1. The lowest BCUT2D eigenvalue weighted by molar-refractivity contribution is 0.183. The number of hydrogen-bond acceptors (Lipinski definition) is 3. The van der Waals surface area contributed by atoms with Crippen molar-refractivity contribution >= 4 is 5.82 Å². The topological polar surface area (TPSA) is 56.7 Å². The number of nitrogen functional groups attached to an aromatic ring is 1. The van der Waals surface area contributed by atoms with Gasteiger partial charge >= 0.3 is 0 Å². The molecule has 0 amide bonds. The highest BCUT2D eigenvalue weighted by atomic mass is 15.3. The summed E-state index contributed by atoms with van der Waals surface area (Å²) in [6.07, 6.45) is 6.14. The van der Waals surface area contributed by atoms with E-state index < -0.39 is 0 Å². The number of rotatable bonds is 3. The number of pyridine rings is 1. The van der Waals surface area contributed by atoms with E-state index in [1.54, 1.807) is 12.4 Å². The molecule has 1 fully saturated rings. The van der Waals surface area contributed by atoms with Gasteiger partial charge < -0.3 is 5.73 Å². The van der Waals surface area contributed by atoms with Gasteiger partial charge in [-0.15, -0.1) is 0 Å². The third-order valence-electron chi connectivity index (χ3n) is 3.69. The van der Waals surface area contributed by atoms with Crippen LogP contribution >= 0.6 is 0 Å². The Balaban J connectivity index is 1.78. The number of nitrogens with two attached hydrogens (primary N) is 1. The molecule has 3 rings (SSSR count). The van der Waals surface area contributed by atoms with Gasteiger partial charge in [0.2, 0.25) is 0 Å². The van der Waals surface area contributed by atoms with E-state index >= 15 is 0 Å². The van der Waals surface area contributed by atoms with Crippen LogP contribution in [-0.2, 0) is 6.54 Å². The molecule has 2 heterocycles. The van der Waals surface area contributed by atoms with Crippen molar-refractivity contribution in [2.24, 2.45) is 11.8 Å². The van der Waals surface area contributed by atoms with Gasteiger partial charge in [0.05, 0.1) is 5.69 Å². The fourth-order valence-electron chi connectivity index (χ4n) is 2.70. The van der Waals surface area contributed by atoms with E-state index in [2.05, 4.69) is 17.0 Å². The molecule has 0 radical (unpaired) electrons. The first kappa shape index (κ1) is 11.3. The normalized spacial score (nSPS) is 22.7. The molecule has 2 aromatic rings. The maximum Gasteiger partial charge on any atom is 0.122 e. The van der Waals surface area contributed by atoms with Crippen molar-refractivity contribution in [1.82, 2.24) is 14.8 Å². The van der Waals surface area contributed by atoms with Gasteiger partial charge in [0.25, 0.3) is 0 Å². The van der Waals surface area contributed by atoms with E-state index in [-0.39, 0.29) is 0 Å². The fourth-order valence-corrected chi connectivity index (χ4v) is 2.70. The van der Waals surface area contributed by atoms with Crippen molar-refractivity contribution in [3.63, 3.8) is 0 Å². The van der Waals surface area contributed by atoms with Crippen molar-refractivity contribution in [2.75, 3.05) is 5.73 Å². The zero-order chi connectivity index (χ0) is 12.5. The Labute approximate surface area is 107 Å². The molecule has 1 aliphatic carbocycles. The van der Waals surface area contributed by atoms with Crippen molar-refractivity contribution in [3.05, 3.63) is 30.6 Å². The Morgan fingerprint density at radius 2 is 2.06 bits per heavy atom. The zero-order valence-corrected chi connectivity index (χ0v) is 10.6. The summed E-state index contributed by atoms with van der Waals surface area (Å²) in [6, 6.07) is 5.85. The van der Waals surface area contributed by atoms with E-state index in [0.29, 0.717) is 0 Å². The van der Waals surface area contributed by atoms with Crippen LogP contribution in [0.4, 0.5) is 5.82 Å². The zero-order valence-electron chi connectivity index (χ0n) is 10.6. The first-order valence-electron chi connectivity index (χ1n) is 6.46. The van der Waals surface area contributed by atoms with Crippen molar-refractivity contribution in [2.45, 2.75) is 26.3 Å². The van der Waals surface area contributed by atoms with E-state index in [0.717, 1.165) is 35.5 Å². The molecule has 0 saturated heterocycles. The van der Waals surface area contributed by atoms with Crippen LogP contribution in [-0.4, -0.2) is 14.8 Å². The molecule has 0 atom stereocenters. The van der Waals surface area contributed by atoms with Crippen molar-refractivity contribution in [1.29, 1.82) is 0 Å². The summed E-state index contributed by atoms with van der Waals surface area (Å²) in [6.45, 7) is 3.24. The van der Waals surface area contributed by atoms with Crippen LogP contribution in [0.2, 0.25) is 0 Å². The molecule has 94 valence electrons. The molecule has 4 nitrogen and oxygen atoms in total. The molecule has 0 unspecified atom stereocenters. The lowest BCUT2D eigenvalue weighted by Gasteiger charge is -2.32. The fraction of sp³-hybridized carbons (Fsp3) is 0.429. The first-order valence-corrected chi connectivity index (χ1v) is 6.46. The van der Waals surface area contributed by atoms with E-state index in [9.17, 15) is 0 Å². The second kappa shape index (κ2) is 4.44. The van der Waals surface area contributed by atoms with Gasteiger partial charge in [0.15, 0.2) is 0 Å². The van der Waals surface area contributed by atoms with E-state index in [1.807, 2.05) is 22.9 Å². The van der Waals surface area contributed by atoms with Gasteiger partial charge in [-0.25, -0.2) is 4.68 Å². The quantitative estimate of drug-likeness (QED) is 0.900. The van der Waals surface area contributed by atoms with Gasteiger partial charge in [-0.1, -0.05) is 6.92 Å². The first-order chi connectivity index (χ1) is 8.72. The van der Waals surface area contributed by atoms with Gasteiger partial charge in [-0.05, 0) is 36.8 Å². The minimum Gasteiger partial charge on any atom is -0.384 e. The SMILES string of the molecule is CC1CC(Cn2nc(-c3ccncc3)cc2N)C1. The highest BCUT2D eigenvalue weighted by molar-refractivity contribution is 5.61. The maximum atomic E-state index is 6.03. The predicted molar refractivity (Wildman–Crippen MR) is 71.8 cm³/mol. The van der Waals surface area contributed by atoms with Crippen LogP contribution < -0.4 is 5.73 Å². The van der Waals surface area contributed by atoms with Gasteiger partial charge in [-0.3, -0.25) is 4.98 Å². The summed E-state index contributed by atoms with van der Waals surface area (Å²) in [7, 11) is 0. The highest BCUT2D eigenvalue weighted by Crippen LogP contribution is 2.34. The summed E-state index contributed by atoms with van der Waals surface area (Å²) in [5.41, 5.74) is 8.03. The van der Waals surface area contributed by atoms with E-state index in [1.165, 1.54) is 12.8 Å². The van der Waals surface area contributed by atoms with Crippen LogP contribution in [0.3, 0.4) is 0 Å². The van der Waals surface area contributed by atoms with Crippen LogP contribution in [0, 0.1) is 11.8 Å². The van der Waals surface area contributed by atoms with Gasteiger partial charge in [0, 0.05) is 30.6 Å².